The molecule has 1 fully saturated rings. The highest BCUT2D eigenvalue weighted by Gasteiger charge is 2.17. The van der Waals surface area contributed by atoms with E-state index in [2.05, 4.69) is 48.9 Å². The Hall–Kier alpha value is -2.19. The standard InChI is InChI=1S/C23H27ClN2/c1-16-13-21(26-17(2)14-20-9-4-5-10-23(20)24)11-12-22(16)18(3)25-15-19-7-6-8-19/h4-5,9-13,19,25-26H,2-3,6-8,14-15H2,1H3. The zero-order valence-electron chi connectivity index (χ0n) is 15.4. The van der Waals surface area contributed by atoms with E-state index in [9.17, 15) is 0 Å². The van der Waals surface area contributed by atoms with Crippen LogP contribution >= 0.6 is 11.6 Å². The highest BCUT2D eigenvalue weighted by Crippen LogP contribution is 2.27. The number of aryl methyl sites for hydroxylation is 1. The number of hydrogen-bond acceptors (Lipinski definition) is 2. The largest absolute Gasteiger partial charge is 0.385 e. The van der Waals surface area contributed by atoms with Gasteiger partial charge < -0.3 is 10.6 Å². The molecule has 3 heteroatoms. The molecule has 0 radical (unpaired) electrons. The van der Waals surface area contributed by atoms with E-state index in [4.69, 9.17) is 11.6 Å². The molecule has 0 bridgehead atoms. The van der Waals surface area contributed by atoms with Crippen LogP contribution < -0.4 is 10.6 Å². The van der Waals surface area contributed by atoms with Gasteiger partial charge in [-0.3, -0.25) is 0 Å². The van der Waals surface area contributed by atoms with Gasteiger partial charge in [0.15, 0.2) is 0 Å². The van der Waals surface area contributed by atoms with Crippen LogP contribution in [0.4, 0.5) is 5.69 Å². The fourth-order valence-corrected chi connectivity index (χ4v) is 3.46. The lowest BCUT2D eigenvalue weighted by molar-refractivity contribution is 0.314. The third kappa shape index (κ3) is 4.70. The van der Waals surface area contributed by atoms with Crippen molar-refractivity contribution in [2.24, 2.45) is 5.92 Å². The average Bonchev–Trinajstić information content (AvgIpc) is 2.55. The van der Waals surface area contributed by atoms with Crippen LogP contribution in [0.3, 0.4) is 0 Å². The average molecular weight is 367 g/mol. The number of allylic oxidation sites excluding steroid dienone is 1. The molecule has 0 amide bonds. The summed E-state index contributed by atoms with van der Waals surface area (Å²) in [5.74, 6) is 0.820. The lowest BCUT2D eigenvalue weighted by Crippen LogP contribution is -2.26. The van der Waals surface area contributed by atoms with Crippen molar-refractivity contribution >= 4 is 23.0 Å². The van der Waals surface area contributed by atoms with E-state index in [1.807, 2.05) is 24.3 Å². The van der Waals surface area contributed by atoms with E-state index in [0.29, 0.717) is 6.42 Å². The quantitative estimate of drug-likeness (QED) is 0.583. The van der Waals surface area contributed by atoms with Gasteiger partial charge in [0, 0.05) is 40.6 Å². The van der Waals surface area contributed by atoms with Crippen LogP contribution in [0.15, 0.2) is 61.3 Å². The fraction of sp³-hybridized carbons (Fsp3) is 0.304. The van der Waals surface area contributed by atoms with E-state index in [1.54, 1.807) is 0 Å². The summed E-state index contributed by atoms with van der Waals surface area (Å²) in [7, 11) is 0. The Labute approximate surface area is 162 Å². The number of rotatable bonds is 8. The number of hydrogen-bond donors (Lipinski definition) is 2. The highest BCUT2D eigenvalue weighted by molar-refractivity contribution is 6.31. The van der Waals surface area contributed by atoms with Crippen molar-refractivity contribution in [3.05, 3.63) is 83.0 Å². The first-order valence-corrected chi connectivity index (χ1v) is 9.62. The van der Waals surface area contributed by atoms with Crippen molar-refractivity contribution in [2.75, 3.05) is 11.9 Å². The lowest BCUT2D eigenvalue weighted by atomic mass is 9.85. The molecule has 0 atom stereocenters. The van der Waals surface area contributed by atoms with Gasteiger partial charge >= 0.3 is 0 Å². The molecule has 3 rings (SSSR count). The highest BCUT2D eigenvalue weighted by atomic mass is 35.5. The Morgan fingerprint density at radius 3 is 2.58 bits per heavy atom. The Morgan fingerprint density at radius 2 is 1.92 bits per heavy atom. The first-order chi connectivity index (χ1) is 12.5. The summed E-state index contributed by atoms with van der Waals surface area (Å²) in [6.07, 6.45) is 4.76. The SMILES string of the molecule is C=C(Cc1ccccc1Cl)Nc1ccc(C(=C)NCC2CCC2)c(C)c1. The van der Waals surface area contributed by atoms with Crippen LogP contribution in [0.1, 0.15) is 36.0 Å². The molecule has 2 N–H and O–H groups in total. The van der Waals surface area contributed by atoms with Crippen LogP contribution in [0, 0.1) is 12.8 Å². The molecule has 26 heavy (non-hydrogen) atoms. The van der Waals surface area contributed by atoms with E-state index in [0.717, 1.165) is 40.1 Å². The molecule has 2 nitrogen and oxygen atoms in total. The van der Waals surface area contributed by atoms with Crippen LogP contribution in [0.2, 0.25) is 5.02 Å². The molecule has 0 spiro atoms. The van der Waals surface area contributed by atoms with Gasteiger partial charge in [-0.25, -0.2) is 0 Å². The first-order valence-electron chi connectivity index (χ1n) is 9.25. The van der Waals surface area contributed by atoms with Crippen molar-refractivity contribution in [1.82, 2.24) is 5.32 Å². The van der Waals surface area contributed by atoms with Gasteiger partial charge in [-0.15, -0.1) is 0 Å². The van der Waals surface area contributed by atoms with E-state index >= 15 is 0 Å². The topological polar surface area (TPSA) is 24.1 Å². The minimum absolute atomic E-state index is 0.704. The van der Waals surface area contributed by atoms with Gasteiger partial charge in [-0.1, -0.05) is 55.4 Å². The number of benzene rings is 2. The molecule has 2 aromatic carbocycles. The molecule has 0 heterocycles. The Balaban J connectivity index is 1.58. The normalized spacial score (nSPS) is 13.8. The second-order valence-electron chi connectivity index (χ2n) is 7.18. The molecule has 0 unspecified atom stereocenters. The maximum atomic E-state index is 6.23. The van der Waals surface area contributed by atoms with Crippen LogP contribution in [0.25, 0.3) is 5.70 Å². The van der Waals surface area contributed by atoms with Gasteiger partial charge in [-0.05, 0) is 55.0 Å². The summed E-state index contributed by atoms with van der Waals surface area (Å²) in [5.41, 5.74) is 6.42. The van der Waals surface area contributed by atoms with Gasteiger partial charge in [-0.2, -0.15) is 0 Å². The lowest BCUT2D eigenvalue weighted by Gasteiger charge is -2.26. The van der Waals surface area contributed by atoms with Crippen molar-refractivity contribution in [3.63, 3.8) is 0 Å². The molecule has 1 aliphatic rings. The second kappa shape index (κ2) is 8.46. The van der Waals surface area contributed by atoms with E-state index in [1.165, 1.54) is 30.4 Å². The monoisotopic (exact) mass is 366 g/mol. The summed E-state index contributed by atoms with van der Waals surface area (Å²) in [5, 5.41) is 7.66. The Kier molecular flexibility index (Phi) is 6.05. The van der Waals surface area contributed by atoms with Gasteiger partial charge in [0.1, 0.15) is 0 Å². The van der Waals surface area contributed by atoms with Crippen molar-refractivity contribution in [3.8, 4) is 0 Å². The molecule has 0 aliphatic heterocycles. The molecular formula is C23H27ClN2. The van der Waals surface area contributed by atoms with Gasteiger partial charge in [0.05, 0.1) is 0 Å². The predicted octanol–water partition coefficient (Wildman–Crippen LogP) is 6.18. The molecule has 0 aromatic heterocycles. The first kappa shape index (κ1) is 18.6. The van der Waals surface area contributed by atoms with Crippen LogP contribution in [-0.2, 0) is 6.42 Å². The van der Waals surface area contributed by atoms with E-state index < -0.39 is 0 Å². The maximum absolute atomic E-state index is 6.23. The maximum Gasteiger partial charge on any atom is 0.0441 e. The molecule has 136 valence electrons. The second-order valence-corrected chi connectivity index (χ2v) is 7.59. The number of halogens is 1. The Bertz CT molecular complexity index is 806. The van der Waals surface area contributed by atoms with Crippen molar-refractivity contribution in [2.45, 2.75) is 32.6 Å². The summed E-state index contributed by atoms with van der Waals surface area (Å²) in [4.78, 5) is 0. The minimum atomic E-state index is 0.704. The van der Waals surface area contributed by atoms with E-state index in [-0.39, 0.29) is 0 Å². The van der Waals surface area contributed by atoms with Crippen molar-refractivity contribution < 1.29 is 0 Å². The summed E-state index contributed by atoms with van der Waals surface area (Å²) in [6, 6.07) is 14.2. The molecular weight excluding hydrogens is 340 g/mol. The fourth-order valence-electron chi connectivity index (χ4n) is 3.26. The Morgan fingerprint density at radius 1 is 1.15 bits per heavy atom. The zero-order valence-corrected chi connectivity index (χ0v) is 16.2. The third-order valence-corrected chi connectivity index (χ3v) is 5.43. The zero-order chi connectivity index (χ0) is 18.5. The molecule has 1 saturated carbocycles. The summed E-state index contributed by atoms with van der Waals surface area (Å²) in [6.45, 7) is 11.5. The molecule has 2 aromatic rings. The van der Waals surface area contributed by atoms with Crippen molar-refractivity contribution in [1.29, 1.82) is 0 Å². The van der Waals surface area contributed by atoms with Crippen LogP contribution in [-0.4, -0.2) is 6.54 Å². The molecule has 1 aliphatic carbocycles. The smallest absolute Gasteiger partial charge is 0.0441 e. The van der Waals surface area contributed by atoms with Crippen LogP contribution in [0.5, 0.6) is 0 Å². The molecule has 0 saturated heterocycles. The number of anilines is 1. The van der Waals surface area contributed by atoms with Gasteiger partial charge in [0.25, 0.3) is 0 Å². The summed E-state index contributed by atoms with van der Waals surface area (Å²) < 4.78 is 0. The minimum Gasteiger partial charge on any atom is -0.385 e. The van der Waals surface area contributed by atoms with Gasteiger partial charge in [0.2, 0.25) is 0 Å². The third-order valence-electron chi connectivity index (χ3n) is 5.06. The summed E-state index contributed by atoms with van der Waals surface area (Å²) >= 11 is 6.23. The number of nitrogens with one attached hydrogen (secondary N) is 2. The predicted molar refractivity (Wildman–Crippen MR) is 113 cm³/mol.